The van der Waals surface area contributed by atoms with Gasteiger partial charge in [0.05, 0.1) is 28.9 Å². The second-order valence-corrected chi connectivity index (χ2v) is 16.0. The maximum Gasteiger partial charge on any atom is 0.421 e. The van der Waals surface area contributed by atoms with E-state index in [0.29, 0.717) is 99.6 Å². The number of allylic oxidation sites excluding steroid dienone is 1. The van der Waals surface area contributed by atoms with Gasteiger partial charge in [0.15, 0.2) is 0 Å². The van der Waals surface area contributed by atoms with Crippen molar-refractivity contribution in [3.8, 4) is 17.0 Å². The van der Waals surface area contributed by atoms with Crippen molar-refractivity contribution in [2.24, 2.45) is 7.05 Å². The molecule has 1 atom stereocenters. The van der Waals surface area contributed by atoms with Gasteiger partial charge in [-0.25, -0.2) is 4.98 Å². The number of alkyl halides is 3. The molecule has 0 radical (unpaired) electrons. The fraction of sp³-hybridized carbons (Fsp3) is 0.400. The van der Waals surface area contributed by atoms with Crippen LogP contribution in [0.3, 0.4) is 0 Å². The van der Waals surface area contributed by atoms with E-state index in [1.54, 1.807) is 30.6 Å². The molecule has 2 saturated heterocycles. The summed E-state index contributed by atoms with van der Waals surface area (Å²) in [5.41, 5.74) is 3.95. The number of hydrogen-bond acceptors (Lipinski definition) is 10. The second-order valence-electron chi connectivity index (χ2n) is 16.0. The average Bonchev–Trinajstić information content (AvgIpc) is 3.64. The Hall–Kier alpha value is -5.84. The molecule has 318 valence electrons. The molecule has 3 fully saturated rings. The number of carbonyl (C=O) groups excluding carboxylic acids is 3. The minimum absolute atomic E-state index is 0.0371. The van der Waals surface area contributed by atoms with Crippen molar-refractivity contribution in [1.82, 2.24) is 24.8 Å². The molecule has 1 N–H and O–H groups in total. The number of hydrogen-bond donors (Lipinski definition) is 1. The summed E-state index contributed by atoms with van der Waals surface area (Å²) in [4.78, 5) is 50.2. The number of nitrogens with one attached hydrogen (secondary N) is 1. The smallest absolute Gasteiger partial charge is 0.421 e. The number of ether oxygens (including phenoxy) is 4. The second kappa shape index (κ2) is 16.6. The molecule has 6 heterocycles. The van der Waals surface area contributed by atoms with E-state index >= 15 is 0 Å². The summed E-state index contributed by atoms with van der Waals surface area (Å²) in [6, 6.07) is 12.9. The zero-order chi connectivity index (χ0) is 42.4. The van der Waals surface area contributed by atoms with E-state index in [0.717, 1.165) is 44.9 Å². The quantitative estimate of drug-likeness (QED) is 0.0884. The summed E-state index contributed by atoms with van der Waals surface area (Å²) in [6.45, 7) is 7.11. The molecule has 0 bridgehead atoms. The van der Waals surface area contributed by atoms with E-state index in [4.69, 9.17) is 18.9 Å². The summed E-state index contributed by atoms with van der Waals surface area (Å²) < 4.78 is 68.1. The molecule has 4 aliphatic rings. The molecule has 13 nitrogen and oxygen atoms in total. The molecule has 3 amide bonds. The number of pyridine rings is 2. The number of fused-ring (bicyclic) bond motifs is 4. The molecule has 0 spiro atoms. The number of rotatable bonds is 15. The number of aryl methyl sites for hydroxylation is 1. The Labute approximate surface area is 349 Å². The minimum Gasteiger partial charge on any atom is -0.474 e. The Morgan fingerprint density at radius 2 is 1.57 bits per heavy atom. The standard InChI is InChI=1S/C45H45F3N6O7/c1-26-5-10-39(41(55)51-26)54-43(56)34-9-7-29(19-35(34)44(54)57)53-24-32(25-53)60-16-4-14-58-13-3-15-59-30-20-31(21-30)61-42-37(45(46,47)48)17-28(22-50-42)27-6-8-33-36-23-49-12-11-38(36)52(2)40(33)18-27/h6-9,11-12,17-19,22-23,30-32,39H,1,3-5,10,13-16,20-21,24-25H2,2H3,(H,51,55). The van der Waals surface area contributed by atoms with Crippen molar-refractivity contribution in [2.45, 2.75) is 69.1 Å². The van der Waals surface area contributed by atoms with Gasteiger partial charge in [0.2, 0.25) is 11.8 Å². The summed E-state index contributed by atoms with van der Waals surface area (Å²) in [5, 5.41) is 4.59. The minimum atomic E-state index is -4.65. The Balaban J connectivity index is 0.651. The lowest BCUT2D eigenvalue weighted by molar-refractivity contribution is -0.141. The molecule has 61 heavy (non-hydrogen) atoms. The van der Waals surface area contributed by atoms with Crippen LogP contribution in [0.4, 0.5) is 18.9 Å². The number of piperidine rings is 1. The van der Waals surface area contributed by atoms with Gasteiger partial charge in [-0.2, -0.15) is 13.2 Å². The van der Waals surface area contributed by atoms with E-state index in [1.807, 2.05) is 35.9 Å². The Morgan fingerprint density at radius 1 is 0.820 bits per heavy atom. The number of imide groups is 1. The highest BCUT2D eigenvalue weighted by Crippen LogP contribution is 2.41. The van der Waals surface area contributed by atoms with Crippen molar-refractivity contribution >= 4 is 45.2 Å². The number of carbonyl (C=O) groups is 3. The van der Waals surface area contributed by atoms with Gasteiger partial charge in [0.25, 0.3) is 11.8 Å². The topological polar surface area (TPSA) is 137 Å². The molecular formula is C45H45F3N6O7. The lowest BCUT2D eigenvalue weighted by atomic mass is 9.92. The van der Waals surface area contributed by atoms with Crippen molar-refractivity contribution in [1.29, 1.82) is 0 Å². The van der Waals surface area contributed by atoms with Crippen LogP contribution in [0.25, 0.3) is 32.9 Å². The fourth-order valence-corrected chi connectivity index (χ4v) is 8.46. The third-order valence-corrected chi connectivity index (χ3v) is 12.0. The molecule has 3 aromatic heterocycles. The largest absolute Gasteiger partial charge is 0.474 e. The van der Waals surface area contributed by atoms with E-state index < -0.39 is 47.5 Å². The number of halogens is 3. The maximum atomic E-state index is 14.2. The van der Waals surface area contributed by atoms with Crippen LogP contribution in [0.5, 0.6) is 5.88 Å². The molecule has 1 aliphatic carbocycles. The van der Waals surface area contributed by atoms with Gasteiger partial charge in [-0.3, -0.25) is 24.3 Å². The van der Waals surface area contributed by atoms with Crippen molar-refractivity contribution in [2.75, 3.05) is 44.4 Å². The van der Waals surface area contributed by atoms with Crippen LogP contribution in [0.1, 0.15) is 64.8 Å². The first-order valence-electron chi connectivity index (χ1n) is 20.6. The van der Waals surface area contributed by atoms with E-state index in [9.17, 15) is 27.6 Å². The van der Waals surface area contributed by atoms with Gasteiger partial charge in [0.1, 0.15) is 17.7 Å². The molecule has 2 aromatic carbocycles. The number of nitrogens with zero attached hydrogens (tertiary/aromatic N) is 5. The highest BCUT2D eigenvalue weighted by molar-refractivity contribution is 6.23. The average molecular weight is 839 g/mol. The summed E-state index contributed by atoms with van der Waals surface area (Å²) >= 11 is 0. The SMILES string of the molecule is C=C1CCC(N2C(=O)c3ccc(N4CC(OCCCOCCCOC5CC(Oc6ncc(-c7ccc8c9cnccc9n(C)c8c7)cc6C(F)(F)F)C5)C4)cc3C2=O)C(=O)N1. The van der Waals surface area contributed by atoms with Gasteiger partial charge in [-0.05, 0) is 67.6 Å². The molecular weight excluding hydrogens is 794 g/mol. The maximum absolute atomic E-state index is 14.2. The lowest BCUT2D eigenvalue weighted by Gasteiger charge is -2.40. The monoisotopic (exact) mass is 838 g/mol. The number of amides is 3. The van der Waals surface area contributed by atoms with Crippen LogP contribution in [-0.2, 0) is 32.2 Å². The molecule has 9 rings (SSSR count). The highest BCUT2D eigenvalue weighted by Gasteiger charge is 2.45. The zero-order valence-corrected chi connectivity index (χ0v) is 33.6. The van der Waals surface area contributed by atoms with Crippen molar-refractivity contribution in [3.05, 3.63) is 96.1 Å². The van der Waals surface area contributed by atoms with Crippen molar-refractivity contribution < 1.29 is 46.5 Å². The Kier molecular flexibility index (Phi) is 11.0. The van der Waals surface area contributed by atoms with E-state index in [-0.39, 0.29) is 12.2 Å². The van der Waals surface area contributed by atoms with Gasteiger partial charge >= 0.3 is 6.18 Å². The number of benzene rings is 2. The molecule has 3 aliphatic heterocycles. The summed E-state index contributed by atoms with van der Waals surface area (Å²) in [6.07, 6.45) is 3.02. The van der Waals surface area contributed by atoms with Crippen molar-refractivity contribution in [3.63, 3.8) is 0 Å². The first-order chi connectivity index (χ1) is 29.4. The van der Waals surface area contributed by atoms with Crippen LogP contribution in [0.2, 0.25) is 0 Å². The highest BCUT2D eigenvalue weighted by atomic mass is 19.4. The van der Waals surface area contributed by atoms with Gasteiger partial charge < -0.3 is 33.7 Å². The van der Waals surface area contributed by atoms with Gasteiger partial charge in [0, 0.05) is 111 Å². The molecule has 16 heteroatoms. The van der Waals surface area contributed by atoms with Crippen LogP contribution < -0.4 is 15.0 Å². The Morgan fingerprint density at radius 3 is 2.33 bits per heavy atom. The third-order valence-electron chi connectivity index (χ3n) is 12.0. The van der Waals surface area contributed by atoms with Gasteiger partial charge in [-0.15, -0.1) is 0 Å². The van der Waals surface area contributed by atoms with Crippen LogP contribution >= 0.6 is 0 Å². The predicted molar refractivity (Wildman–Crippen MR) is 219 cm³/mol. The normalized spacial score (nSPS) is 20.6. The number of anilines is 1. The fourth-order valence-electron chi connectivity index (χ4n) is 8.46. The lowest BCUT2D eigenvalue weighted by Crippen LogP contribution is -2.52. The predicted octanol–water partition coefficient (Wildman–Crippen LogP) is 6.82. The summed E-state index contributed by atoms with van der Waals surface area (Å²) in [7, 11) is 1.92. The first-order valence-corrected chi connectivity index (χ1v) is 20.6. The summed E-state index contributed by atoms with van der Waals surface area (Å²) in [5.74, 6) is -1.72. The third kappa shape index (κ3) is 8.07. The van der Waals surface area contributed by atoms with Crippen LogP contribution in [0, 0.1) is 0 Å². The first kappa shape index (κ1) is 40.6. The molecule has 1 unspecified atom stereocenters. The molecule has 1 saturated carbocycles. The van der Waals surface area contributed by atoms with Crippen LogP contribution in [0.15, 0.2) is 79.4 Å². The van der Waals surface area contributed by atoms with E-state index in [2.05, 4.69) is 26.8 Å². The molecule has 5 aromatic rings. The van der Waals surface area contributed by atoms with E-state index in [1.165, 1.54) is 6.20 Å². The zero-order valence-electron chi connectivity index (χ0n) is 33.6. The van der Waals surface area contributed by atoms with Crippen LogP contribution in [-0.4, -0.2) is 101 Å². The number of aromatic nitrogens is 3. The Bertz CT molecular complexity index is 2530. The van der Waals surface area contributed by atoms with Gasteiger partial charge in [-0.1, -0.05) is 18.7 Å².